The van der Waals surface area contributed by atoms with Gasteiger partial charge in [-0.3, -0.25) is 0 Å². The maximum Gasteiger partial charge on any atom is 0.0955 e. The largest absolute Gasteiger partial charge is 0.334 e. The molecule has 1 atom stereocenters. The zero-order valence-electron chi connectivity index (χ0n) is 9.77. The SMILES string of the molecule is CC(N)CNCc1ccc2c(c1)ncn2C. The quantitative estimate of drug-likeness (QED) is 0.805. The van der Waals surface area contributed by atoms with Crippen molar-refractivity contribution in [2.75, 3.05) is 6.54 Å². The van der Waals surface area contributed by atoms with Crippen molar-refractivity contribution >= 4 is 11.0 Å². The van der Waals surface area contributed by atoms with Crippen LogP contribution in [0.2, 0.25) is 0 Å². The van der Waals surface area contributed by atoms with Crippen LogP contribution in [-0.4, -0.2) is 22.1 Å². The Morgan fingerprint density at radius 1 is 1.50 bits per heavy atom. The van der Waals surface area contributed by atoms with E-state index >= 15 is 0 Å². The van der Waals surface area contributed by atoms with Gasteiger partial charge in [-0.05, 0) is 24.6 Å². The van der Waals surface area contributed by atoms with Crippen molar-refractivity contribution in [1.82, 2.24) is 14.9 Å². The van der Waals surface area contributed by atoms with Crippen molar-refractivity contribution in [2.45, 2.75) is 19.5 Å². The van der Waals surface area contributed by atoms with Crippen LogP contribution in [0.15, 0.2) is 24.5 Å². The highest BCUT2D eigenvalue weighted by Crippen LogP contribution is 2.13. The normalized spacial score (nSPS) is 13.2. The predicted octanol–water partition coefficient (Wildman–Crippen LogP) is 1.01. The summed E-state index contributed by atoms with van der Waals surface area (Å²) in [7, 11) is 2.00. The zero-order valence-corrected chi connectivity index (χ0v) is 9.77. The number of nitrogens with two attached hydrogens (primary N) is 1. The van der Waals surface area contributed by atoms with Crippen LogP contribution in [0, 0.1) is 0 Å². The number of nitrogens with one attached hydrogen (secondary N) is 1. The number of hydrogen-bond donors (Lipinski definition) is 2. The Hall–Kier alpha value is -1.39. The lowest BCUT2D eigenvalue weighted by Gasteiger charge is -2.07. The lowest BCUT2D eigenvalue weighted by molar-refractivity contribution is 0.608. The van der Waals surface area contributed by atoms with E-state index < -0.39 is 0 Å². The number of aromatic nitrogens is 2. The molecule has 1 unspecified atom stereocenters. The monoisotopic (exact) mass is 218 g/mol. The van der Waals surface area contributed by atoms with E-state index in [0.29, 0.717) is 0 Å². The second kappa shape index (κ2) is 4.63. The molecule has 16 heavy (non-hydrogen) atoms. The molecule has 0 aliphatic rings. The minimum Gasteiger partial charge on any atom is -0.334 e. The van der Waals surface area contributed by atoms with E-state index in [2.05, 4.69) is 28.5 Å². The number of benzene rings is 1. The topological polar surface area (TPSA) is 55.9 Å². The number of hydrogen-bond acceptors (Lipinski definition) is 3. The first-order valence-electron chi connectivity index (χ1n) is 5.53. The fourth-order valence-corrected chi connectivity index (χ4v) is 1.74. The van der Waals surface area contributed by atoms with Gasteiger partial charge in [0, 0.05) is 26.2 Å². The first-order valence-corrected chi connectivity index (χ1v) is 5.53. The van der Waals surface area contributed by atoms with E-state index in [4.69, 9.17) is 5.73 Å². The Kier molecular flexibility index (Phi) is 3.22. The molecule has 0 radical (unpaired) electrons. The van der Waals surface area contributed by atoms with Crippen molar-refractivity contribution in [3.05, 3.63) is 30.1 Å². The van der Waals surface area contributed by atoms with Gasteiger partial charge in [-0.1, -0.05) is 6.07 Å². The van der Waals surface area contributed by atoms with Crippen LogP contribution in [0.5, 0.6) is 0 Å². The maximum atomic E-state index is 5.67. The molecule has 4 heteroatoms. The summed E-state index contributed by atoms with van der Waals surface area (Å²) in [5, 5.41) is 3.31. The van der Waals surface area contributed by atoms with Crippen LogP contribution in [-0.2, 0) is 13.6 Å². The van der Waals surface area contributed by atoms with Crippen LogP contribution in [0.1, 0.15) is 12.5 Å². The summed E-state index contributed by atoms with van der Waals surface area (Å²) >= 11 is 0. The molecule has 0 amide bonds. The molecule has 86 valence electrons. The van der Waals surface area contributed by atoms with E-state index in [-0.39, 0.29) is 6.04 Å². The summed E-state index contributed by atoms with van der Waals surface area (Å²) in [6.07, 6.45) is 1.84. The van der Waals surface area contributed by atoms with Crippen LogP contribution < -0.4 is 11.1 Å². The van der Waals surface area contributed by atoms with Gasteiger partial charge in [0.25, 0.3) is 0 Å². The smallest absolute Gasteiger partial charge is 0.0955 e. The molecule has 3 N–H and O–H groups in total. The van der Waals surface area contributed by atoms with Gasteiger partial charge in [0.2, 0.25) is 0 Å². The molecule has 1 heterocycles. The van der Waals surface area contributed by atoms with Crippen molar-refractivity contribution in [3.63, 3.8) is 0 Å². The van der Waals surface area contributed by atoms with Gasteiger partial charge in [-0.15, -0.1) is 0 Å². The van der Waals surface area contributed by atoms with Crippen LogP contribution >= 0.6 is 0 Å². The van der Waals surface area contributed by atoms with E-state index in [1.54, 1.807) is 0 Å². The van der Waals surface area contributed by atoms with Crippen molar-refractivity contribution in [2.24, 2.45) is 12.8 Å². The van der Waals surface area contributed by atoms with Gasteiger partial charge in [0.1, 0.15) is 0 Å². The summed E-state index contributed by atoms with van der Waals surface area (Å²) in [5.74, 6) is 0. The Balaban J connectivity index is 2.08. The number of imidazole rings is 1. The summed E-state index contributed by atoms with van der Waals surface area (Å²) in [6, 6.07) is 6.53. The Bertz CT molecular complexity index is 473. The van der Waals surface area contributed by atoms with Crippen LogP contribution in [0.3, 0.4) is 0 Å². The third-order valence-electron chi connectivity index (χ3n) is 2.59. The van der Waals surface area contributed by atoms with E-state index in [1.807, 2.05) is 24.9 Å². The molecule has 1 aromatic carbocycles. The van der Waals surface area contributed by atoms with Gasteiger partial charge in [0.05, 0.1) is 17.4 Å². The fraction of sp³-hybridized carbons (Fsp3) is 0.417. The first kappa shape index (κ1) is 11.1. The fourth-order valence-electron chi connectivity index (χ4n) is 1.74. The second-order valence-electron chi connectivity index (χ2n) is 4.29. The Morgan fingerprint density at radius 2 is 2.31 bits per heavy atom. The molecule has 2 aromatic rings. The molecular formula is C12H18N4. The third-order valence-corrected chi connectivity index (χ3v) is 2.59. The lowest BCUT2D eigenvalue weighted by Crippen LogP contribution is -2.30. The predicted molar refractivity (Wildman–Crippen MR) is 66.1 cm³/mol. The van der Waals surface area contributed by atoms with E-state index in [0.717, 1.165) is 24.1 Å². The van der Waals surface area contributed by atoms with Crippen molar-refractivity contribution < 1.29 is 0 Å². The highest BCUT2D eigenvalue weighted by molar-refractivity contribution is 5.75. The third kappa shape index (κ3) is 2.40. The molecular weight excluding hydrogens is 200 g/mol. The van der Waals surface area contributed by atoms with Crippen LogP contribution in [0.4, 0.5) is 0 Å². The molecule has 1 aromatic heterocycles. The van der Waals surface area contributed by atoms with Crippen LogP contribution in [0.25, 0.3) is 11.0 Å². The summed E-state index contributed by atoms with van der Waals surface area (Å²) in [6.45, 7) is 3.67. The molecule has 0 saturated carbocycles. The maximum absolute atomic E-state index is 5.67. The second-order valence-corrected chi connectivity index (χ2v) is 4.29. The standard InChI is InChI=1S/C12H18N4/c1-9(13)6-14-7-10-3-4-12-11(5-10)15-8-16(12)2/h3-5,8-9,14H,6-7,13H2,1-2H3. The Labute approximate surface area is 95.5 Å². The van der Waals surface area contributed by atoms with Gasteiger partial charge in [-0.25, -0.2) is 4.98 Å². The van der Waals surface area contributed by atoms with Gasteiger partial charge in [-0.2, -0.15) is 0 Å². The molecule has 0 aliphatic carbocycles. The first-order chi connectivity index (χ1) is 7.66. The van der Waals surface area contributed by atoms with Gasteiger partial charge in [0.15, 0.2) is 0 Å². The van der Waals surface area contributed by atoms with E-state index in [1.165, 1.54) is 5.56 Å². The van der Waals surface area contributed by atoms with E-state index in [9.17, 15) is 0 Å². The molecule has 0 aliphatic heterocycles. The molecule has 0 spiro atoms. The minimum absolute atomic E-state index is 0.193. The summed E-state index contributed by atoms with van der Waals surface area (Å²) < 4.78 is 2.02. The summed E-state index contributed by atoms with van der Waals surface area (Å²) in [5.41, 5.74) is 9.12. The number of aryl methyl sites for hydroxylation is 1. The molecule has 4 nitrogen and oxygen atoms in total. The van der Waals surface area contributed by atoms with Crippen molar-refractivity contribution in [3.8, 4) is 0 Å². The number of nitrogens with zero attached hydrogens (tertiary/aromatic N) is 2. The number of fused-ring (bicyclic) bond motifs is 1. The molecule has 0 bridgehead atoms. The average Bonchev–Trinajstić information content (AvgIpc) is 2.60. The molecule has 2 rings (SSSR count). The molecule has 0 saturated heterocycles. The minimum atomic E-state index is 0.193. The summed E-state index contributed by atoms with van der Waals surface area (Å²) in [4.78, 5) is 4.33. The van der Waals surface area contributed by atoms with Gasteiger partial charge < -0.3 is 15.6 Å². The average molecular weight is 218 g/mol. The zero-order chi connectivity index (χ0) is 11.5. The highest BCUT2D eigenvalue weighted by atomic mass is 15.0. The lowest BCUT2D eigenvalue weighted by atomic mass is 10.2. The highest BCUT2D eigenvalue weighted by Gasteiger charge is 2.01. The molecule has 0 fully saturated rings. The van der Waals surface area contributed by atoms with Crippen molar-refractivity contribution in [1.29, 1.82) is 0 Å². The number of rotatable bonds is 4. The Morgan fingerprint density at radius 3 is 3.06 bits per heavy atom. The van der Waals surface area contributed by atoms with Gasteiger partial charge >= 0.3 is 0 Å².